The quantitative estimate of drug-likeness (QED) is 0.204. The van der Waals surface area contributed by atoms with E-state index < -0.39 is 5.97 Å². The minimum atomic E-state index is -0.980. The van der Waals surface area contributed by atoms with Gasteiger partial charge in [0.2, 0.25) is 11.8 Å². The number of nitrogens with two attached hydrogens (primary N) is 2. The molecule has 8 heteroatoms. The van der Waals surface area contributed by atoms with E-state index in [9.17, 15) is 9.90 Å². The van der Waals surface area contributed by atoms with E-state index in [-0.39, 0.29) is 24.0 Å². The molecule has 0 unspecified atom stereocenters. The number of aromatic nitrogens is 2. The van der Waals surface area contributed by atoms with E-state index in [4.69, 9.17) is 21.6 Å². The first-order valence-corrected chi connectivity index (χ1v) is 11.5. The number of benzene rings is 3. The standard InChI is InChI=1S/C28H27N5O3/c1-2-24-23(15-18-6-5-7-20(14-18)27(34)35)26(33-28(31)32-24)36-16-17-10-12-19(13-11-17)21-8-3-4-9-22(21)25(29)30/h3-14H,2,15-16H2,1H3,(H3,29,30)(H,34,35)(H2,31,32,33). The molecule has 4 aromatic rings. The number of nitrogen functional groups attached to an aromatic ring is 2. The molecule has 4 rings (SSSR count). The highest BCUT2D eigenvalue weighted by Gasteiger charge is 2.16. The number of carbonyl (C=O) groups is 1. The highest BCUT2D eigenvalue weighted by molar-refractivity contribution is 6.01. The lowest BCUT2D eigenvalue weighted by Crippen LogP contribution is -2.12. The fourth-order valence-electron chi connectivity index (χ4n) is 4.04. The molecule has 0 aliphatic rings. The topological polar surface area (TPSA) is 148 Å². The van der Waals surface area contributed by atoms with Crippen molar-refractivity contribution in [1.82, 2.24) is 9.97 Å². The molecule has 0 fully saturated rings. The van der Waals surface area contributed by atoms with E-state index >= 15 is 0 Å². The summed E-state index contributed by atoms with van der Waals surface area (Å²) >= 11 is 0. The van der Waals surface area contributed by atoms with Crippen LogP contribution < -0.4 is 16.2 Å². The number of nitrogens with zero attached hydrogens (tertiary/aromatic N) is 2. The van der Waals surface area contributed by atoms with Gasteiger partial charge in [0, 0.05) is 17.5 Å². The second-order valence-electron chi connectivity index (χ2n) is 8.29. The number of hydrogen-bond acceptors (Lipinski definition) is 6. The van der Waals surface area contributed by atoms with Gasteiger partial charge < -0.3 is 21.3 Å². The number of hydrogen-bond donors (Lipinski definition) is 4. The summed E-state index contributed by atoms with van der Waals surface area (Å²) in [5, 5.41) is 17.1. The number of rotatable bonds is 9. The van der Waals surface area contributed by atoms with Crippen molar-refractivity contribution in [2.24, 2.45) is 5.73 Å². The minimum absolute atomic E-state index is 0.0208. The Morgan fingerprint density at radius 1 is 1.00 bits per heavy atom. The molecule has 0 aliphatic carbocycles. The lowest BCUT2D eigenvalue weighted by atomic mass is 9.98. The zero-order valence-electron chi connectivity index (χ0n) is 19.9. The summed E-state index contributed by atoms with van der Waals surface area (Å²) in [6, 6.07) is 22.1. The van der Waals surface area contributed by atoms with Crippen LogP contribution >= 0.6 is 0 Å². The van der Waals surface area contributed by atoms with Gasteiger partial charge in [-0.25, -0.2) is 9.78 Å². The van der Waals surface area contributed by atoms with Crippen LogP contribution in [0.15, 0.2) is 72.8 Å². The monoisotopic (exact) mass is 481 g/mol. The number of aromatic carboxylic acids is 1. The number of amidine groups is 1. The van der Waals surface area contributed by atoms with E-state index in [2.05, 4.69) is 9.97 Å². The van der Waals surface area contributed by atoms with E-state index in [0.29, 0.717) is 24.3 Å². The number of ether oxygens (including phenoxy) is 1. The first-order chi connectivity index (χ1) is 17.4. The Morgan fingerprint density at radius 3 is 2.44 bits per heavy atom. The van der Waals surface area contributed by atoms with E-state index in [1.807, 2.05) is 61.5 Å². The first kappa shape index (κ1) is 24.4. The van der Waals surface area contributed by atoms with Crippen LogP contribution in [0, 0.1) is 5.41 Å². The Labute approximate surface area is 209 Å². The molecule has 36 heavy (non-hydrogen) atoms. The molecule has 1 heterocycles. The highest BCUT2D eigenvalue weighted by atomic mass is 16.5. The van der Waals surface area contributed by atoms with Gasteiger partial charge in [-0.05, 0) is 40.8 Å². The van der Waals surface area contributed by atoms with Gasteiger partial charge in [0.15, 0.2) is 0 Å². The van der Waals surface area contributed by atoms with Crippen LogP contribution in [0.25, 0.3) is 11.1 Å². The second kappa shape index (κ2) is 10.7. The molecule has 0 saturated carbocycles. The summed E-state index contributed by atoms with van der Waals surface area (Å²) < 4.78 is 6.10. The number of aryl methyl sites for hydroxylation is 1. The fraction of sp³-hybridized carbons (Fsp3) is 0.143. The summed E-state index contributed by atoms with van der Waals surface area (Å²) in [4.78, 5) is 20.1. The Bertz CT molecular complexity index is 1420. The van der Waals surface area contributed by atoms with Crippen LogP contribution in [0.2, 0.25) is 0 Å². The molecule has 0 amide bonds. The molecule has 0 atom stereocenters. The molecule has 3 aromatic carbocycles. The molecule has 8 nitrogen and oxygen atoms in total. The molecule has 0 spiro atoms. The largest absolute Gasteiger partial charge is 0.478 e. The van der Waals surface area contributed by atoms with Gasteiger partial charge in [-0.1, -0.05) is 67.6 Å². The van der Waals surface area contributed by atoms with Crippen LogP contribution in [-0.4, -0.2) is 26.9 Å². The lowest BCUT2D eigenvalue weighted by Gasteiger charge is -2.15. The molecular formula is C28H27N5O3. The molecule has 0 saturated heterocycles. The zero-order valence-corrected chi connectivity index (χ0v) is 19.9. The number of anilines is 1. The average Bonchev–Trinajstić information content (AvgIpc) is 2.89. The summed E-state index contributed by atoms with van der Waals surface area (Å²) in [5.41, 5.74) is 17.7. The molecule has 182 valence electrons. The van der Waals surface area contributed by atoms with Crippen molar-refractivity contribution in [2.75, 3.05) is 5.73 Å². The Morgan fingerprint density at radius 2 is 1.75 bits per heavy atom. The molecule has 0 radical (unpaired) electrons. The van der Waals surface area contributed by atoms with Crippen molar-refractivity contribution in [3.63, 3.8) is 0 Å². The van der Waals surface area contributed by atoms with E-state index in [0.717, 1.165) is 33.5 Å². The van der Waals surface area contributed by atoms with Gasteiger partial charge >= 0.3 is 5.97 Å². The van der Waals surface area contributed by atoms with E-state index in [1.54, 1.807) is 18.2 Å². The number of carboxylic acid groups (broad SMARTS) is 1. The van der Waals surface area contributed by atoms with Gasteiger partial charge in [-0.2, -0.15) is 4.98 Å². The SMILES string of the molecule is CCc1nc(N)nc(OCc2ccc(-c3ccccc3C(=N)N)cc2)c1Cc1cccc(C(=O)O)c1. The van der Waals surface area contributed by atoms with Gasteiger partial charge in [0.1, 0.15) is 12.4 Å². The third kappa shape index (κ3) is 5.50. The van der Waals surface area contributed by atoms with Gasteiger partial charge in [0.05, 0.1) is 11.3 Å². The molecule has 0 bridgehead atoms. The van der Waals surface area contributed by atoms with Crippen molar-refractivity contribution in [2.45, 2.75) is 26.4 Å². The van der Waals surface area contributed by atoms with Crippen molar-refractivity contribution >= 4 is 17.8 Å². The van der Waals surface area contributed by atoms with Crippen molar-refractivity contribution in [1.29, 1.82) is 5.41 Å². The molecule has 1 aromatic heterocycles. The summed E-state index contributed by atoms with van der Waals surface area (Å²) in [6.07, 6.45) is 1.04. The predicted molar refractivity (Wildman–Crippen MR) is 139 cm³/mol. The fourth-order valence-corrected chi connectivity index (χ4v) is 4.04. The first-order valence-electron chi connectivity index (χ1n) is 11.5. The minimum Gasteiger partial charge on any atom is -0.478 e. The van der Waals surface area contributed by atoms with Crippen molar-refractivity contribution < 1.29 is 14.6 Å². The molecular weight excluding hydrogens is 454 g/mol. The average molecular weight is 482 g/mol. The van der Waals surface area contributed by atoms with Gasteiger partial charge in [-0.3, -0.25) is 5.41 Å². The van der Waals surface area contributed by atoms with E-state index in [1.165, 1.54) is 0 Å². The summed E-state index contributed by atoms with van der Waals surface area (Å²) in [5.74, 6) is -0.452. The third-order valence-corrected chi connectivity index (χ3v) is 5.82. The number of carboxylic acids is 1. The molecule has 6 N–H and O–H groups in total. The van der Waals surface area contributed by atoms with Gasteiger partial charge in [-0.15, -0.1) is 0 Å². The van der Waals surface area contributed by atoms with Crippen LogP contribution in [-0.2, 0) is 19.4 Å². The highest BCUT2D eigenvalue weighted by Crippen LogP contribution is 2.27. The van der Waals surface area contributed by atoms with Crippen LogP contribution in [0.1, 0.15) is 45.2 Å². The predicted octanol–water partition coefficient (Wildman–Crippen LogP) is 4.44. The van der Waals surface area contributed by atoms with Crippen molar-refractivity contribution in [3.05, 3.63) is 106 Å². The van der Waals surface area contributed by atoms with Crippen LogP contribution in [0.5, 0.6) is 5.88 Å². The Balaban J connectivity index is 1.57. The third-order valence-electron chi connectivity index (χ3n) is 5.82. The lowest BCUT2D eigenvalue weighted by molar-refractivity contribution is 0.0696. The van der Waals surface area contributed by atoms with Crippen molar-refractivity contribution in [3.8, 4) is 17.0 Å². The zero-order chi connectivity index (χ0) is 25.7. The summed E-state index contributed by atoms with van der Waals surface area (Å²) in [7, 11) is 0. The smallest absolute Gasteiger partial charge is 0.335 e. The normalized spacial score (nSPS) is 10.7. The maximum atomic E-state index is 11.4. The molecule has 0 aliphatic heterocycles. The Hall–Kier alpha value is -4.72. The summed E-state index contributed by atoms with van der Waals surface area (Å²) in [6.45, 7) is 2.23. The second-order valence-corrected chi connectivity index (χ2v) is 8.29. The maximum absolute atomic E-state index is 11.4. The van der Waals surface area contributed by atoms with Crippen LogP contribution in [0.4, 0.5) is 5.95 Å². The van der Waals surface area contributed by atoms with Crippen LogP contribution in [0.3, 0.4) is 0 Å². The maximum Gasteiger partial charge on any atom is 0.335 e. The van der Waals surface area contributed by atoms with Gasteiger partial charge in [0.25, 0.3) is 0 Å². The Kier molecular flexibility index (Phi) is 7.25. The number of nitrogens with one attached hydrogen (secondary N) is 1.